The van der Waals surface area contributed by atoms with Gasteiger partial charge in [-0.25, -0.2) is 12.7 Å². The third kappa shape index (κ3) is 5.11. The molecular weight excluding hydrogens is 370 g/mol. The van der Waals surface area contributed by atoms with Crippen molar-refractivity contribution in [2.75, 3.05) is 45.5 Å². The van der Waals surface area contributed by atoms with Crippen molar-refractivity contribution in [1.82, 2.24) is 4.31 Å². The van der Waals surface area contributed by atoms with E-state index in [1.807, 2.05) is 0 Å². The van der Waals surface area contributed by atoms with Gasteiger partial charge in [-0.3, -0.25) is 4.79 Å². The van der Waals surface area contributed by atoms with Crippen LogP contribution in [-0.4, -0.2) is 53.5 Å². The van der Waals surface area contributed by atoms with Crippen molar-refractivity contribution in [3.05, 3.63) is 42.5 Å². The first kappa shape index (κ1) is 20.5. The number of methoxy groups -OCH3 is 2. The van der Waals surface area contributed by atoms with Crippen molar-refractivity contribution < 1.29 is 22.7 Å². The van der Waals surface area contributed by atoms with E-state index in [1.54, 1.807) is 30.3 Å². The highest BCUT2D eigenvalue weighted by molar-refractivity contribution is 7.89. The lowest BCUT2D eigenvalue weighted by Crippen LogP contribution is -2.23. The number of hydrogen-bond donors (Lipinski definition) is 2. The minimum atomic E-state index is -3.53. The second-order valence-electron chi connectivity index (χ2n) is 5.79. The maximum atomic E-state index is 12.2. The molecule has 0 aromatic heterocycles. The monoisotopic (exact) mass is 393 g/mol. The number of rotatable bonds is 8. The molecule has 0 fully saturated rings. The van der Waals surface area contributed by atoms with Crippen LogP contribution in [0.1, 0.15) is 0 Å². The number of ether oxygens (including phenoxy) is 2. The number of anilines is 2. The van der Waals surface area contributed by atoms with Crippen LogP contribution in [0.4, 0.5) is 11.4 Å². The van der Waals surface area contributed by atoms with Gasteiger partial charge >= 0.3 is 0 Å². The van der Waals surface area contributed by atoms with Crippen LogP contribution in [0.15, 0.2) is 47.4 Å². The first-order chi connectivity index (χ1) is 12.8. The van der Waals surface area contributed by atoms with E-state index in [1.165, 1.54) is 40.4 Å². The first-order valence-corrected chi connectivity index (χ1v) is 9.50. The summed E-state index contributed by atoms with van der Waals surface area (Å²) in [4.78, 5) is 12.3. The largest absolute Gasteiger partial charge is 0.493 e. The molecule has 2 N–H and O–H groups in total. The van der Waals surface area contributed by atoms with Gasteiger partial charge in [-0.1, -0.05) is 6.07 Å². The van der Waals surface area contributed by atoms with E-state index >= 15 is 0 Å². The minimum Gasteiger partial charge on any atom is -0.493 e. The van der Waals surface area contributed by atoms with Crippen molar-refractivity contribution in [2.45, 2.75) is 4.90 Å². The molecule has 2 aromatic carbocycles. The molecule has 0 aliphatic carbocycles. The SMILES string of the molecule is COc1ccc(NC(=O)CNc2cccc(S(=O)(=O)N(C)C)c2)cc1OC. The summed E-state index contributed by atoms with van der Waals surface area (Å²) in [5, 5.41) is 5.65. The van der Waals surface area contributed by atoms with Gasteiger partial charge in [0.25, 0.3) is 0 Å². The molecule has 0 saturated heterocycles. The molecule has 0 spiro atoms. The molecule has 27 heavy (non-hydrogen) atoms. The molecule has 0 bridgehead atoms. The Hall–Kier alpha value is -2.78. The Morgan fingerprint density at radius 1 is 1.00 bits per heavy atom. The van der Waals surface area contributed by atoms with Gasteiger partial charge in [0.2, 0.25) is 15.9 Å². The molecule has 2 aromatic rings. The van der Waals surface area contributed by atoms with Crippen LogP contribution in [0.3, 0.4) is 0 Å². The molecule has 0 heterocycles. The molecule has 0 unspecified atom stereocenters. The number of hydrogen-bond acceptors (Lipinski definition) is 6. The van der Waals surface area contributed by atoms with Gasteiger partial charge in [0, 0.05) is 31.5 Å². The van der Waals surface area contributed by atoms with Gasteiger partial charge in [0.05, 0.1) is 25.7 Å². The summed E-state index contributed by atoms with van der Waals surface area (Å²) in [6.45, 7) is -0.0280. The molecule has 9 heteroatoms. The highest BCUT2D eigenvalue weighted by Gasteiger charge is 2.17. The Balaban J connectivity index is 2.02. The maximum Gasteiger partial charge on any atom is 0.243 e. The van der Waals surface area contributed by atoms with Crippen LogP contribution in [0, 0.1) is 0 Å². The van der Waals surface area contributed by atoms with Gasteiger partial charge in [-0.15, -0.1) is 0 Å². The van der Waals surface area contributed by atoms with E-state index in [0.717, 1.165) is 4.31 Å². The fourth-order valence-electron chi connectivity index (χ4n) is 2.28. The van der Waals surface area contributed by atoms with Crippen molar-refractivity contribution >= 4 is 27.3 Å². The number of amides is 1. The summed E-state index contributed by atoms with van der Waals surface area (Å²) in [6, 6.07) is 11.3. The Kier molecular flexibility index (Phi) is 6.65. The number of nitrogens with zero attached hydrogens (tertiary/aromatic N) is 1. The maximum absolute atomic E-state index is 12.2. The van der Waals surface area contributed by atoms with Crippen molar-refractivity contribution in [1.29, 1.82) is 0 Å². The number of sulfonamides is 1. The van der Waals surface area contributed by atoms with E-state index in [9.17, 15) is 13.2 Å². The third-order valence-corrected chi connectivity index (χ3v) is 5.54. The lowest BCUT2D eigenvalue weighted by molar-refractivity contribution is -0.114. The highest BCUT2D eigenvalue weighted by atomic mass is 32.2. The summed E-state index contributed by atoms with van der Waals surface area (Å²) >= 11 is 0. The summed E-state index contributed by atoms with van der Waals surface area (Å²) in [7, 11) is 2.44. The standard InChI is InChI=1S/C18H23N3O5S/c1-21(2)27(23,24)15-7-5-6-13(10-15)19-12-18(22)20-14-8-9-16(25-3)17(11-14)26-4/h5-11,19H,12H2,1-4H3,(H,20,22). The van der Waals surface area contributed by atoms with Crippen LogP contribution < -0.4 is 20.1 Å². The summed E-state index contributed by atoms with van der Waals surface area (Å²) in [5.41, 5.74) is 1.09. The van der Waals surface area contributed by atoms with Crippen molar-refractivity contribution in [3.63, 3.8) is 0 Å². The Bertz CT molecular complexity index is 913. The molecule has 146 valence electrons. The number of carbonyl (C=O) groups is 1. The number of benzene rings is 2. The predicted molar refractivity (Wildman–Crippen MR) is 104 cm³/mol. The molecule has 0 aliphatic heterocycles. The molecule has 1 amide bonds. The van der Waals surface area contributed by atoms with E-state index in [-0.39, 0.29) is 17.3 Å². The fourth-order valence-corrected chi connectivity index (χ4v) is 3.23. The van der Waals surface area contributed by atoms with E-state index in [2.05, 4.69) is 10.6 Å². The van der Waals surface area contributed by atoms with Crippen LogP contribution in [0.2, 0.25) is 0 Å². The quantitative estimate of drug-likeness (QED) is 0.712. The zero-order valence-corrected chi connectivity index (χ0v) is 16.5. The van der Waals surface area contributed by atoms with Gasteiger partial charge in [0.1, 0.15) is 0 Å². The average molecular weight is 393 g/mol. The minimum absolute atomic E-state index is 0.0280. The average Bonchev–Trinajstić information content (AvgIpc) is 2.66. The van der Waals surface area contributed by atoms with E-state index in [4.69, 9.17) is 9.47 Å². The van der Waals surface area contributed by atoms with Crippen LogP contribution >= 0.6 is 0 Å². The predicted octanol–water partition coefficient (Wildman–Crippen LogP) is 2.00. The lowest BCUT2D eigenvalue weighted by Gasteiger charge is -2.13. The molecule has 0 atom stereocenters. The Morgan fingerprint density at radius 2 is 1.70 bits per heavy atom. The lowest BCUT2D eigenvalue weighted by atomic mass is 10.2. The van der Waals surface area contributed by atoms with Crippen LogP contribution in [-0.2, 0) is 14.8 Å². The summed E-state index contributed by atoms with van der Waals surface area (Å²) in [6.07, 6.45) is 0. The van der Waals surface area contributed by atoms with Crippen LogP contribution in [0.5, 0.6) is 11.5 Å². The summed E-state index contributed by atoms with van der Waals surface area (Å²) < 4.78 is 35.8. The molecule has 8 nitrogen and oxygen atoms in total. The highest BCUT2D eigenvalue weighted by Crippen LogP contribution is 2.29. The van der Waals surface area contributed by atoms with Gasteiger partial charge in [-0.2, -0.15) is 0 Å². The Morgan fingerprint density at radius 3 is 2.33 bits per heavy atom. The second kappa shape index (κ2) is 8.74. The number of nitrogens with one attached hydrogen (secondary N) is 2. The summed E-state index contributed by atoms with van der Waals surface area (Å²) in [5.74, 6) is 0.778. The first-order valence-electron chi connectivity index (χ1n) is 8.06. The van der Waals surface area contributed by atoms with Gasteiger partial charge in [-0.05, 0) is 30.3 Å². The van der Waals surface area contributed by atoms with Gasteiger partial charge in [0.15, 0.2) is 11.5 Å². The topological polar surface area (TPSA) is 97.0 Å². The zero-order chi connectivity index (χ0) is 20.0. The van der Waals surface area contributed by atoms with Gasteiger partial charge < -0.3 is 20.1 Å². The van der Waals surface area contributed by atoms with Crippen LogP contribution in [0.25, 0.3) is 0 Å². The van der Waals surface area contributed by atoms with Crippen molar-refractivity contribution in [3.8, 4) is 11.5 Å². The Labute approximate surface area is 159 Å². The smallest absolute Gasteiger partial charge is 0.243 e. The number of carbonyl (C=O) groups excluding carboxylic acids is 1. The normalized spacial score (nSPS) is 11.1. The fraction of sp³-hybridized carbons (Fsp3) is 0.278. The van der Waals surface area contributed by atoms with Crippen molar-refractivity contribution in [2.24, 2.45) is 0 Å². The molecule has 0 aliphatic rings. The zero-order valence-electron chi connectivity index (χ0n) is 15.6. The molecular formula is C18H23N3O5S. The van der Waals surface area contributed by atoms with E-state index < -0.39 is 10.0 Å². The third-order valence-electron chi connectivity index (χ3n) is 3.73. The van der Waals surface area contributed by atoms with E-state index in [0.29, 0.717) is 22.9 Å². The molecule has 0 radical (unpaired) electrons. The molecule has 2 rings (SSSR count). The molecule has 0 saturated carbocycles. The second-order valence-corrected chi connectivity index (χ2v) is 7.94.